The minimum absolute atomic E-state index is 0.0682. The van der Waals surface area contributed by atoms with Gasteiger partial charge in [-0.15, -0.1) is 0 Å². The summed E-state index contributed by atoms with van der Waals surface area (Å²) in [6, 6.07) is 4.23. The van der Waals surface area contributed by atoms with Crippen LogP contribution in [0.1, 0.15) is 17.5 Å². The SMILES string of the molecule is NCCC(F)(F)c1ccc2c(c1)CC(=O)N2. The van der Waals surface area contributed by atoms with Gasteiger partial charge in [0.15, 0.2) is 0 Å². The average Bonchev–Trinajstić information content (AvgIpc) is 2.56. The Morgan fingerprint density at radius 3 is 2.88 bits per heavy atom. The van der Waals surface area contributed by atoms with Crippen LogP contribution in [-0.2, 0) is 17.1 Å². The summed E-state index contributed by atoms with van der Waals surface area (Å²) in [5, 5.41) is 2.60. The summed E-state index contributed by atoms with van der Waals surface area (Å²) in [5.74, 6) is -3.08. The molecule has 1 aliphatic rings. The van der Waals surface area contributed by atoms with Gasteiger partial charge in [-0.2, -0.15) is 0 Å². The van der Waals surface area contributed by atoms with Crippen LogP contribution in [-0.4, -0.2) is 12.5 Å². The fraction of sp³-hybridized carbons (Fsp3) is 0.364. The van der Waals surface area contributed by atoms with Crippen LogP contribution >= 0.6 is 0 Å². The molecule has 2 rings (SSSR count). The molecule has 3 nitrogen and oxygen atoms in total. The van der Waals surface area contributed by atoms with E-state index >= 15 is 0 Å². The van der Waals surface area contributed by atoms with Crippen LogP contribution < -0.4 is 11.1 Å². The summed E-state index contributed by atoms with van der Waals surface area (Å²) in [7, 11) is 0. The van der Waals surface area contributed by atoms with Crippen LogP contribution in [0, 0.1) is 0 Å². The van der Waals surface area contributed by atoms with E-state index in [-0.39, 0.29) is 30.9 Å². The maximum atomic E-state index is 13.5. The smallest absolute Gasteiger partial charge is 0.274 e. The lowest BCUT2D eigenvalue weighted by Gasteiger charge is -2.16. The van der Waals surface area contributed by atoms with Gasteiger partial charge in [0.25, 0.3) is 5.92 Å². The molecule has 1 aliphatic heterocycles. The van der Waals surface area contributed by atoms with E-state index in [0.29, 0.717) is 11.3 Å². The molecule has 0 fully saturated rings. The molecule has 0 spiro atoms. The number of halogens is 2. The van der Waals surface area contributed by atoms with E-state index in [4.69, 9.17) is 5.73 Å². The molecular weight excluding hydrogens is 214 g/mol. The zero-order valence-corrected chi connectivity index (χ0v) is 8.59. The lowest BCUT2D eigenvalue weighted by molar-refractivity contribution is -0.115. The standard InChI is InChI=1S/C11H12F2N2O/c12-11(13,3-4-14)8-1-2-9-7(5-8)6-10(16)15-9/h1-2,5H,3-4,6,14H2,(H,15,16). The Morgan fingerprint density at radius 1 is 1.44 bits per heavy atom. The largest absolute Gasteiger partial charge is 0.330 e. The number of alkyl halides is 2. The maximum absolute atomic E-state index is 13.5. The molecule has 1 aromatic carbocycles. The third-order valence-corrected chi connectivity index (χ3v) is 2.61. The Balaban J connectivity index is 2.32. The molecule has 0 aliphatic carbocycles. The first-order chi connectivity index (χ1) is 7.53. The van der Waals surface area contributed by atoms with Crippen LogP contribution in [0.15, 0.2) is 18.2 Å². The first-order valence-electron chi connectivity index (χ1n) is 5.04. The summed E-state index contributed by atoms with van der Waals surface area (Å²) in [6.45, 7) is -0.0682. The molecule has 0 atom stereocenters. The van der Waals surface area contributed by atoms with Crippen molar-refractivity contribution in [2.24, 2.45) is 5.73 Å². The molecule has 0 saturated heterocycles. The molecule has 0 aromatic heterocycles. The summed E-state index contributed by atoms with van der Waals surface area (Å²) >= 11 is 0. The number of carbonyl (C=O) groups excluding carboxylic acids is 1. The highest BCUT2D eigenvalue weighted by molar-refractivity contribution is 5.99. The second-order valence-electron chi connectivity index (χ2n) is 3.84. The molecule has 1 amide bonds. The van der Waals surface area contributed by atoms with Crippen molar-refractivity contribution in [1.29, 1.82) is 0 Å². The van der Waals surface area contributed by atoms with Gasteiger partial charge in [-0.25, -0.2) is 8.78 Å². The van der Waals surface area contributed by atoms with Crippen molar-refractivity contribution in [2.75, 3.05) is 11.9 Å². The van der Waals surface area contributed by atoms with Gasteiger partial charge in [-0.05, 0) is 24.2 Å². The van der Waals surface area contributed by atoms with E-state index in [2.05, 4.69) is 5.32 Å². The van der Waals surface area contributed by atoms with E-state index in [1.807, 2.05) is 0 Å². The van der Waals surface area contributed by atoms with Crippen LogP contribution in [0.25, 0.3) is 0 Å². The van der Waals surface area contributed by atoms with E-state index in [1.54, 1.807) is 0 Å². The number of rotatable bonds is 3. The fourth-order valence-corrected chi connectivity index (χ4v) is 1.78. The van der Waals surface area contributed by atoms with Crippen molar-refractivity contribution in [3.63, 3.8) is 0 Å². The van der Waals surface area contributed by atoms with Gasteiger partial charge in [0.05, 0.1) is 6.42 Å². The summed E-state index contributed by atoms with van der Waals surface area (Å²) in [5.41, 5.74) is 6.31. The molecule has 86 valence electrons. The third kappa shape index (κ3) is 1.90. The van der Waals surface area contributed by atoms with E-state index in [9.17, 15) is 13.6 Å². The van der Waals surface area contributed by atoms with Crippen molar-refractivity contribution in [3.8, 4) is 0 Å². The number of carbonyl (C=O) groups is 1. The Labute approximate surface area is 91.6 Å². The van der Waals surface area contributed by atoms with Crippen molar-refractivity contribution in [3.05, 3.63) is 29.3 Å². The van der Waals surface area contributed by atoms with E-state index in [0.717, 1.165) is 0 Å². The van der Waals surface area contributed by atoms with Crippen LogP contribution in [0.3, 0.4) is 0 Å². The summed E-state index contributed by atoms with van der Waals surface area (Å²) in [6.07, 6.45) is -0.213. The van der Waals surface area contributed by atoms with Crippen LogP contribution in [0.2, 0.25) is 0 Å². The Bertz CT molecular complexity index is 432. The molecule has 1 heterocycles. The van der Waals surface area contributed by atoms with Crippen LogP contribution in [0.5, 0.6) is 0 Å². The number of hydrogen-bond acceptors (Lipinski definition) is 2. The lowest BCUT2D eigenvalue weighted by atomic mass is 10.0. The quantitative estimate of drug-likeness (QED) is 0.822. The van der Waals surface area contributed by atoms with E-state index < -0.39 is 5.92 Å². The minimum atomic E-state index is -2.92. The molecular formula is C11H12F2N2O. The number of amides is 1. The van der Waals surface area contributed by atoms with Gasteiger partial charge < -0.3 is 11.1 Å². The van der Waals surface area contributed by atoms with Gasteiger partial charge in [-0.3, -0.25) is 4.79 Å². The minimum Gasteiger partial charge on any atom is -0.330 e. The highest BCUT2D eigenvalue weighted by Crippen LogP contribution is 2.34. The second kappa shape index (κ2) is 3.83. The number of nitrogens with two attached hydrogens (primary N) is 1. The highest BCUT2D eigenvalue weighted by atomic mass is 19.3. The molecule has 0 bridgehead atoms. The Kier molecular flexibility index (Phi) is 2.63. The van der Waals surface area contributed by atoms with Gasteiger partial charge >= 0.3 is 0 Å². The summed E-state index contributed by atoms with van der Waals surface area (Å²) < 4.78 is 27.1. The van der Waals surface area contributed by atoms with Crippen molar-refractivity contribution < 1.29 is 13.6 Å². The molecule has 0 unspecified atom stereocenters. The topological polar surface area (TPSA) is 55.1 Å². The van der Waals surface area contributed by atoms with E-state index in [1.165, 1.54) is 18.2 Å². The van der Waals surface area contributed by atoms with Gasteiger partial charge in [0, 0.05) is 17.7 Å². The predicted octanol–water partition coefficient (Wildman–Crippen LogP) is 1.62. The molecule has 0 radical (unpaired) electrons. The Hall–Kier alpha value is -1.49. The third-order valence-electron chi connectivity index (χ3n) is 2.61. The molecule has 5 heteroatoms. The number of anilines is 1. The Morgan fingerprint density at radius 2 is 2.19 bits per heavy atom. The molecule has 3 N–H and O–H groups in total. The zero-order valence-electron chi connectivity index (χ0n) is 8.59. The van der Waals surface area contributed by atoms with Gasteiger partial charge in [0.2, 0.25) is 5.91 Å². The monoisotopic (exact) mass is 226 g/mol. The number of benzene rings is 1. The molecule has 1 aromatic rings. The predicted molar refractivity (Wildman–Crippen MR) is 56.3 cm³/mol. The number of hydrogen-bond donors (Lipinski definition) is 2. The van der Waals surface area contributed by atoms with Crippen LogP contribution in [0.4, 0.5) is 14.5 Å². The second-order valence-corrected chi connectivity index (χ2v) is 3.84. The first kappa shape index (κ1) is 11.0. The van der Waals surface area contributed by atoms with Gasteiger partial charge in [-0.1, -0.05) is 6.07 Å². The highest BCUT2D eigenvalue weighted by Gasteiger charge is 2.32. The molecule has 0 saturated carbocycles. The molecule has 16 heavy (non-hydrogen) atoms. The maximum Gasteiger partial charge on any atom is 0.274 e. The van der Waals surface area contributed by atoms with Gasteiger partial charge in [0.1, 0.15) is 0 Å². The average molecular weight is 226 g/mol. The summed E-state index contributed by atoms with van der Waals surface area (Å²) in [4.78, 5) is 11.1. The number of nitrogens with one attached hydrogen (secondary N) is 1. The van der Waals surface area contributed by atoms with Crippen molar-refractivity contribution in [2.45, 2.75) is 18.8 Å². The zero-order chi connectivity index (χ0) is 11.8. The van der Waals surface area contributed by atoms with Crippen molar-refractivity contribution >= 4 is 11.6 Å². The van der Waals surface area contributed by atoms with Crippen molar-refractivity contribution in [1.82, 2.24) is 0 Å². The first-order valence-corrected chi connectivity index (χ1v) is 5.04. The lowest BCUT2D eigenvalue weighted by Crippen LogP contribution is -2.18. The normalized spacial score (nSPS) is 14.8. The number of fused-ring (bicyclic) bond motifs is 1. The fourth-order valence-electron chi connectivity index (χ4n) is 1.78.